The highest BCUT2D eigenvalue weighted by Crippen LogP contribution is 2.35. The van der Waals surface area contributed by atoms with Crippen molar-refractivity contribution < 1.29 is 29.0 Å². The molecule has 1 heterocycles. The number of carbonyl (C=O) groups excluding carboxylic acids is 2. The number of nitrogens with one attached hydrogen (secondary N) is 1. The van der Waals surface area contributed by atoms with Crippen LogP contribution in [0.2, 0.25) is 0 Å². The van der Waals surface area contributed by atoms with Crippen molar-refractivity contribution in [3.05, 3.63) is 119 Å². The molecule has 0 aliphatic heterocycles. The minimum atomic E-state index is -1.28. The molecule has 0 saturated carbocycles. The predicted octanol–water partition coefficient (Wildman–Crippen LogP) is 4.47. The number of nitrogens with zero attached hydrogens (tertiary/aromatic N) is 1. The molecule has 5 rings (SSSR count). The van der Waals surface area contributed by atoms with Gasteiger partial charge >= 0.3 is 11.9 Å². The predicted molar refractivity (Wildman–Crippen MR) is 143 cm³/mol. The number of carbonyl (C=O) groups is 3. The maximum atomic E-state index is 13.8. The van der Waals surface area contributed by atoms with Crippen LogP contribution in [0.4, 0.5) is 0 Å². The third-order valence-corrected chi connectivity index (χ3v) is 6.82. The van der Waals surface area contributed by atoms with Crippen molar-refractivity contribution in [3.63, 3.8) is 0 Å². The molecule has 2 N–H and O–H groups in total. The van der Waals surface area contributed by atoms with Crippen molar-refractivity contribution in [1.82, 2.24) is 10.3 Å². The van der Waals surface area contributed by atoms with Gasteiger partial charge in [0.1, 0.15) is 12.1 Å². The second kappa shape index (κ2) is 10.8. The molecule has 0 bridgehead atoms. The molecule has 0 saturated heterocycles. The number of aromatic nitrogens is 1. The molecule has 0 atom stereocenters. The summed E-state index contributed by atoms with van der Waals surface area (Å²) in [4.78, 5) is 42.5. The van der Waals surface area contributed by atoms with Crippen LogP contribution in [0.25, 0.3) is 11.1 Å². The number of aromatic carboxylic acids is 1. The second-order valence-electron chi connectivity index (χ2n) is 9.34. The van der Waals surface area contributed by atoms with Gasteiger partial charge in [-0.2, -0.15) is 0 Å². The molecule has 196 valence electrons. The Labute approximate surface area is 225 Å². The zero-order valence-corrected chi connectivity index (χ0v) is 21.2. The lowest BCUT2D eigenvalue weighted by atomic mass is 9.95. The fourth-order valence-electron chi connectivity index (χ4n) is 4.88. The standard InChI is InChI=1S/C31H26N2O6/c1-38-30(37)31(17-23-9-5-6-10-24(23)18-31)33-28(34)26-27(39-19-20-7-3-2-4-8-20)25(15-16-32-26)21-11-13-22(14-12-21)29(35)36/h2-16H,17-19H2,1H3,(H,33,34)(H,35,36). The van der Waals surface area contributed by atoms with E-state index in [0.717, 1.165) is 16.7 Å². The fourth-order valence-corrected chi connectivity index (χ4v) is 4.88. The molecule has 3 aromatic carbocycles. The Bertz CT molecular complexity index is 1510. The smallest absolute Gasteiger partial charge is 0.335 e. The second-order valence-corrected chi connectivity index (χ2v) is 9.34. The normalized spacial score (nSPS) is 13.3. The highest BCUT2D eigenvalue weighted by atomic mass is 16.5. The van der Waals surface area contributed by atoms with Crippen LogP contribution in [0, 0.1) is 0 Å². The summed E-state index contributed by atoms with van der Waals surface area (Å²) in [5.74, 6) is -1.94. The van der Waals surface area contributed by atoms with Crippen LogP contribution in [-0.4, -0.2) is 40.6 Å². The molecular weight excluding hydrogens is 496 g/mol. The Morgan fingerprint density at radius 3 is 2.15 bits per heavy atom. The first-order chi connectivity index (χ1) is 18.9. The molecule has 1 aliphatic rings. The lowest BCUT2D eigenvalue weighted by Gasteiger charge is -2.27. The number of carboxylic acid groups (broad SMARTS) is 1. The Kier molecular flexibility index (Phi) is 7.10. The van der Waals surface area contributed by atoms with Gasteiger partial charge in [0.05, 0.1) is 12.7 Å². The summed E-state index contributed by atoms with van der Waals surface area (Å²) in [5.41, 5.74) is 2.88. The van der Waals surface area contributed by atoms with Crippen LogP contribution >= 0.6 is 0 Å². The van der Waals surface area contributed by atoms with Crippen molar-refractivity contribution >= 4 is 17.8 Å². The number of esters is 1. The lowest BCUT2D eigenvalue weighted by Crippen LogP contribution is -2.56. The maximum absolute atomic E-state index is 13.8. The average Bonchev–Trinajstić information content (AvgIpc) is 3.35. The number of methoxy groups -OCH3 is 1. The van der Waals surface area contributed by atoms with E-state index < -0.39 is 23.4 Å². The van der Waals surface area contributed by atoms with Crippen LogP contribution < -0.4 is 10.1 Å². The summed E-state index contributed by atoms with van der Waals surface area (Å²) in [6.07, 6.45) is 2.06. The van der Waals surface area contributed by atoms with Crippen molar-refractivity contribution in [2.45, 2.75) is 25.0 Å². The minimum Gasteiger partial charge on any atom is -0.486 e. The SMILES string of the molecule is COC(=O)C1(NC(=O)c2nccc(-c3ccc(C(=O)O)cc3)c2OCc2ccccc2)Cc2ccccc2C1. The third-order valence-electron chi connectivity index (χ3n) is 6.82. The van der Waals surface area contributed by atoms with Crippen LogP contribution in [0.5, 0.6) is 5.75 Å². The minimum absolute atomic E-state index is 0.00461. The zero-order valence-electron chi connectivity index (χ0n) is 21.2. The van der Waals surface area contributed by atoms with Crippen molar-refractivity contribution in [2.75, 3.05) is 7.11 Å². The Balaban J connectivity index is 1.53. The molecule has 0 fully saturated rings. The van der Waals surface area contributed by atoms with Gasteiger partial charge in [0, 0.05) is 24.6 Å². The maximum Gasteiger partial charge on any atom is 0.335 e. The number of ether oxygens (including phenoxy) is 2. The van der Waals surface area contributed by atoms with Gasteiger partial charge in [0.2, 0.25) is 0 Å². The number of fused-ring (bicyclic) bond motifs is 1. The van der Waals surface area contributed by atoms with Gasteiger partial charge in [-0.05, 0) is 40.5 Å². The van der Waals surface area contributed by atoms with E-state index in [-0.39, 0.29) is 36.5 Å². The monoisotopic (exact) mass is 522 g/mol. The quantitative estimate of drug-likeness (QED) is 0.328. The van der Waals surface area contributed by atoms with Crippen LogP contribution in [0.15, 0.2) is 91.1 Å². The molecule has 1 aliphatic carbocycles. The Morgan fingerprint density at radius 2 is 1.54 bits per heavy atom. The fraction of sp³-hybridized carbons (Fsp3) is 0.161. The molecule has 0 unspecified atom stereocenters. The molecule has 8 heteroatoms. The molecule has 0 radical (unpaired) electrons. The van der Waals surface area contributed by atoms with E-state index in [4.69, 9.17) is 9.47 Å². The zero-order chi connectivity index (χ0) is 27.4. The van der Waals surface area contributed by atoms with E-state index >= 15 is 0 Å². The number of amides is 1. The summed E-state index contributed by atoms with van der Waals surface area (Å²) in [7, 11) is 1.30. The van der Waals surface area contributed by atoms with Crippen molar-refractivity contribution in [2.24, 2.45) is 0 Å². The van der Waals surface area contributed by atoms with E-state index in [1.54, 1.807) is 18.2 Å². The van der Waals surface area contributed by atoms with Gasteiger partial charge in [0.25, 0.3) is 5.91 Å². The molecule has 39 heavy (non-hydrogen) atoms. The molecule has 4 aromatic rings. The summed E-state index contributed by atoms with van der Waals surface area (Å²) in [6.45, 7) is 0.167. The number of benzene rings is 3. The summed E-state index contributed by atoms with van der Waals surface area (Å²) >= 11 is 0. The number of hydrogen-bond acceptors (Lipinski definition) is 6. The van der Waals surface area contributed by atoms with Crippen LogP contribution in [0.3, 0.4) is 0 Å². The van der Waals surface area contributed by atoms with Crippen molar-refractivity contribution in [1.29, 1.82) is 0 Å². The first-order valence-electron chi connectivity index (χ1n) is 12.4. The number of hydrogen-bond donors (Lipinski definition) is 2. The average molecular weight is 523 g/mol. The van der Waals surface area contributed by atoms with E-state index in [2.05, 4.69) is 10.3 Å². The Morgan fingerprint density at radius 1 is 0.897 bits per heavy atom. The summed E-state index contributed by atoms with van der Waals surface area (Å²) in [5, 5.41) is 12.2. The van der Waals surface area contributed by atoms with Gasteiger partial charge in [0.15, 0.2) is 11.4 Å². The summed E-state index contributed by atoms with van der Waals surface area (Å²) in [6, 6.07) is 25.1. The van der Waals surface area contributed by atoms with E-state index in [1.807, 2.05) is 54.6 Å². The third kappa shape index (κ3) is 5.22. The van der Waals surface area contributed by atoms with E-state index in [9.17, 15) is 19.5 Å². The van der Waals surface area contributed by atoms with Gasteiger partial charge < -0.3 is 19.9 Å². The van der Waals surface area contributed by atoms with Gasteiger partial charge in [-0.15, -0.1) is 0 Å². The molecule has 1 aromatic heterocycles. The van der Waals surface area contributed by atoms with Crippen molar-refractivity contribution in [3.8, 4) is 16.9 Å². The number of carboxylic acids is 1. The lowest BCUT2D eigenvalue weighted by molar-refractivity contribution is -0.147. The Hall–Kier alpha value is -4.98. The van der Waals surface area contributed by atoms with Gasteiger partial charge in [-0.3, -0.25) is 4.79 Å². The first kappa shape index (κ1) is 25.7. The largest absolute Gasteiger partial charge is 0.486 e. The molecule has 8 nitrogen and oxygen atoms in total. The summed E-state index contributed by atoms with van der Waals surface area (Å²) < 4.78 is 11.3. The molecule has 0 spiro atoms. The first-order valence-corrected chi connectivity index (χ1v) is 12.4. The van der Waals surface area contributed by atoms with E-state index in [1.165, 1.54) is 25.4 Å². The van der Waals surface area contributed by atoms with Gasteiger partial charge in [-0.25, -0.2) is 14.6 Å². The van der Waals surface area contributed by atoms with Gasteiger partial charge in [-0.1, -0.05) is 66.7 Å². The molecular formula is C31H26N2O6. The topological polar surface area (TPSA) is 115 Å². The highest BCUT2D eigenvalue weighted by molar-refractivity contribution is 6.01. The highest BCUT2D eigenvalue weighted by Gasteiger charge is 2.46. The number of pyridine rings is 1. The van der Waals surface area contributed by atoms with Crippen LogP contribution in [-0.2, 0) is 29.0 Å². The molecule has 1 amide bonds. The number of rotatable bonds is 8. The van der Waals surface area contributed by atoms with E-state index in [0.29, 0.717) is 11.1 Å². The van der Waals surface area contributed by atoms with Crippen LogP contribution in [0.1, 0.15) is 37.5 Å².